The number of methoxy groups -OCH3 is 2. The summed E-state index contributed by atoms with van der Waals surface area (Å²) in [6, 6.07) is 0.606. The van der Waals surface area contributed by atoms with E-state index in [0.717, 1.165) is 13.1 Å². The number of nitrogens with one attached hydrogen (secondary N) is 2. The number of esters is 2. The molecule has 0 amide bonds. The van der Waals surface area contributed by atoms with Crippen molar-refractivity contribution in [2.24, 2.45) is 11.8 Å². The summed E-state index contributed by atoms with van der Waals surface area (Å²) in [6.45, 7) is 5.50. The monoisotopic (exact) mass is 330 g/mol. The van der Waals surface area contributed by atoms with Gasteiger partial charge >= 0.3 is 11.9 Å². The summed E-state index contributed by atoms with van der Waals surface area (Å²) in [4.78, 5) is 21.5. The molecule has 2 N–H and O–H groups in total. The van der Waals surface area contributed by atoms with Crippen LogP contribution in [0.15, 0.2) is 0 Å². The first-order valence-electron chi connectivity index (χ1n) is 6.13. The highest BCUT2D eigenvalue weighted by atomic mass is 35.5. The van der Waals surface area contributed by atoms with Crippen molar-refractivity contribution in [1.82, 2.24) is 10.6 Å². The molecule has 0 aliphatic carbocycles. The number of hydrogen-bond acceptors (Lipinski definition) is 6. The number of carbonyl (C=O) groups is 2. The van der Waals surface area contributed by atoms with Crippen LogP contribution in [0.1, 0.15) is 13.8 Å². The molecular formula is C12H24Cl2N2O4. The molecule has 2 saturated heterocycles. The van der Waals surface area contributed by atoms with Gasteiger partial charge in [-0.2, -0.15) is 0 Å². The van der Waals surface area contributed by atoms with Gasteiger partial charge < -0.3 is 20.1 Å². The summed E-state index contributed by atoms with van der Waals surface area (Å²) in [6.07, 6.45) is 0. The Morgan fingerprint density at radius 2 is 1.15 bits per heavy atom. The van der Waals surface area contributed by atoms with Crippen LogP contribution in [0, 0.1) is 11.8 Å². The van der Waals surface area contributed by atoms with Crippen LogP contribution in [0.25, 0.3) is 0 Å². The number of hydrogen-bond donors (Lipinski definition) is 2. The number of ether oxygens (including phenoxy) is 2. The Morgan fingerprint density at radius 3 is 1.20 bits per heavy atom. The van der Waals surface area contributed by atoms with Crippen molar-refractivity contribution < 1.29 is 19.1 Å². The first-order chi connectivity index (χ1) is 8.51. The van der Waals surface area contributed by atoms with Crippen LogP contribution in [0.2, 0.25) is 0 Å². The fourth-order valence-electron chi connectivity index (χ4n) is 1.82. The lowest BCUT2D eigenvalue weighted by Crippen LogP contribution is -2.54. The topological polar surface area (TPSA) is 76.7 Å². The molecule has 2 aliphatic heterocycles. The lowest BCUT2D eigenvalue weighted by atomic mass is 9.94. The van der Waals surface area contributed by atoms with Gasteiger partial charge in [-0.25, -0.2) is 0 Å². The molecule has 0 aromatic rings. The van der Waals surface area contributed by atoms with Crippen molar-refractivity contribution in [3.05, 3.63) is 0 Å². The average molecular weight is 331 g/mol. The molecule has 4 atom stereocenters. The summed E-state index contributed by atoms with van der Waals surface area (Å²) in [7, 11) is 2.85. The minimum Gasteiger partial charge on any atom is -0.469 e. The average Bonchev–Trinajstić information content (AvgIpc) is 2.35. The van der Waals surface area contributed by atoms with Crippen molar-refractivity contribution in [3.63, 3.8) is 0 Å². The minimum absolute atomic E-state index is 0. The molecule has 8 heteroatoms. The van der Waals surface area contributed by atoms with E-state index in [-0.39, 0.29) is 48.6 Å². The fourth-order valence-corrected chi connectivity index (χ4v) is 1.82. The van der Waals surface area contributed by atoms with Crippen LogP contribution in [0.5, 0.6) is 0 Å². The lowest BCUT2D eigenvalue weighted by Gasteiger charge is -2.32. The second-order valence-electron chi connectivity index (χ2n) is 4.65. The maximum absolute atomic E-state index is 10.7. The molecule has 0 bridgehead atoms. The van der Waals surface area contributed by atoms with Crippen molar-refractivity contribution >= 4 is 36.8 Å². The van der Waals surface area contributed by atoms with Gasteiger partial charge in [0, 0.05) is 25.2 Å². The Hall–Kier alpha value is -0.560. The molecule has 0 aromatic heterocycles. The van der Waals surface area contributed by atoms with Gasteiger partial charge in [0.2, 0.25) is 0 Å². The van der Waals surface area contributed by atoms with Gasteiger partial charge in [0.15, 0.2) is 0 Å². The first kappa shape index (κ1) is 21.7. The van der Waals surface area contributed by atoms with Crippen LogP contribution in [-0.4, -0.2) is 51.3 Å². The summed E-state index contributed by atoms with van der Waals surface area (Å²) in [5.74, 6) is -0.00694. The van der Waals surface area contributed by atoms with Crippen LogP contribution in [0.3, 0.4) is 0 Å². The zero-order chi connectivity index (χ0) is 13.7. The molecule has 120 valence electrons. The Balaban J connectivity index is 0. The molecule has 0 spiro atoms. The minimum atomic E-state index is -0.0961. The molecule has 0 aromatic carbocycles. The van der Waals surface area contributed by atoms with E-state index in [0.29, 0.717) is 12.1 Å². The summed E-state index contributed by atoms with van der Waals surface area (Å²) in [5.41, 5.74) is 0. The third-order valence-electron chi connectivity index (χ3n) is 3.53. The molecule has 20 heavy (non-hydrogen) atoms. The van der Waals surface area contributed by atoms with E-state index in [9.17, 15) is 9.59 Å². The molecule has 6 nitrogen and oxygen atoms in total. The van der Waals surface area contributed by atoms with Crippen LogP contribution < -0.4 is 10.6 Å². The van der Waals surface area contributed by atoms with Crippen molar-refractivity contribution in [2.75, 3.05) is 27.3 Å². The smallest absolute Gasteiger partial charge is 0.311 e. The maximum atomic E-state index is 10.7. The zero-order valence-electron chi connectivity index (χ0n) is 12.2. The highest BCUT2D eigenvalue weighted by molar-refractivity contribution is 5.85. The van der Waals surface area contributed by atoms with Gasteiger partial charge in [0.05, 0.1) is 26.1 Å². The quantitative estimate of drug-likeness (QED) is 0.713. The Kier molecular flexibility index (Phi) is 11.1. The first-order valence-corrected chi connectivity index (χ1v) is 6.13. The largest absolute Gasteiger partial charge is 0.469 e. The van der Waals surface area contributed by atoms with E-state index < -0.39 is 0 Å². The van der Waals surface area contributed by atoms with E-state index in [1.165, 1.54) is 14.2 Å². The predicted octanol–water partition coefficient (Wildman–Crippen LogP) is 0.378. The van der Waals surface area contributed by atoms with E-state index in [1.807, 2.05) is 13.8 Å². The van der Waals surface area contributed by atoms with Gasteiger partial charge in [-0.05, 0) is 13.8 Å². The number of carbonyl (C=O) groups excluding carboxylic acids is 2. The molecule has 2 rings (SSSR count). The Labute approximate surface area is 132 Å². The van der Waals surface area contributed by atoms with Crippen molar-refractivity contribution in [1.29, 1.82) is 0 Å². The molecule has 0 radical (unpaired) electrons. The summed E-state index contributed by atoms with van der Waals surface area (Å²) < 4.78 is 9.09. The van der Waals surface area contributed by atoms with Crippen LogP contribution in [-0.2, 0) is 19.1 Å². The third kappa shape index (κ3) is 5.44. The molecule has 0 unspecified atom stereocenters. The van der Waals surface area contributed by atoms with E-state index in [4.69, 9.17) is 0 Å². The Morgan fingerprint density at radius 1 is 0.850 bits per heavy atom. The van der Waals surface area contributed by atoms with Crippen molar-refractivity contribution in [2.45, 2.75) is 25.9 Å². The van der Waals surface area contributed by atoms with Gasteiger partial charge in [-0.15, -0.1) is 24.8 Å². The van der Waals surface area contributed by atoms with Gasteiger partial charge in [-0.1, -0.05) is 0 Å². The van der Waals surface area contributed by atoms with Crippen LogP contribution in [0.4, 0.5) is 0 Å². The fraction of sp³-hybridized carbons (Fsp3) is 0.833. The normalized spacial score (nSPS) is 29.8. The second kappa shape index (κ2) is 10.2. The van der Waals surface area contributed by atoms with E-state index in [2.05, 4.69) is 20.1 Å². The number of rotatable bonds is 2. The summed E-state index contributed by atoms with van der Waals surface area (Å²) in [5, 5.41) is 6.15. The molecule has 2 fully saturated rings. The van der Waals surface area contributed by atoms with Crippen molar-refractivity contribution in [3.8, 4) is 0 Å². The third-order valence-corrected chi connectivity index (χ3v) is 3.53. The molecule has 2 aliphatic rings. The van der Waals surface area contributed by atoms with E-state index >= 15 is 0 Å². The Bertz CT molecular complexity index is 288. The lowest BCUT2D eigenvalue weighted by molar-refractivity contribution is -0.149. The highest BCUT2D eigenvalue weighted by Gasteiger charge is 2.33. The molecule has 2 heterocycles. The number of halogens is 2. The van der Waals surface area contributed by atoms with Gasteiger partial charge in [0.1, 0.15) is 0 Å². The molecule has 0 saturated carbocycles. The molecular weight excluding hydrogens is 307 g/mol. The predicted molar refractivity (Wildman–Crippen MR) is 80.4 cm³/mol. The second-order valence-corrected chi connectivity index (χ2v) is 4.65. The zero-order valence-corrected chi connectivity index (χ0v) is 13.8. The maximum Gasteiger partial charge on any atom is 0.311 e. The van der Waals surface area contributed by atoms with Crippen LogP contribution >= 0.6 is 24.8 Å². The highest BCUT2D eigenvalue weighted by Crippen LogP contribution is 2.13. The van der Waals surface area contributed by atoms with Gasteiger partial charge in [-0.3, -0.25) is 9.59 Å². The standard InChI is InChI=1S/2C6H11NO2.2ClH/c2*1-4-5(3-7-4)6(8)9-2;;/h2*4-5,7H,3H2,1-2H3;2*1H/t2*4-,5+;;/m10../s1. The van der Waals surface area contributed by atoms with Gasteiger partial charge in [0.25, 0.3) is 0 Å². The SMILES string of the molecule is COC(=O)[C@@H]1CN[C@H]1C.COC(=O)[C@H]1CN[C@@H]1C.Cl.Cl. The van der Waals surface area contributed by atoms with E-state index in [1.54, 1.807) is 0 Å². The summed E-state index contributed by atoms with van der Waals surface area (Å²) >= 11 is 0.